The van der Waals surface area contributed by atoms with E-state index in [9.17, 15) is 9.59 Å². The molecule has 0 aliphatic carbocycles. The number of pyridine rings is 2. The highest BCUT2D eigenvalue weighted by Crippen LogP contribution is 2.24. The monoisotopic (exact) mass is 472 g/mol. The Morgan fingerprint density at radius 3 is 2.63 bits per heavy atom. The molecule has 4 aromatic heterocycles. The van der Waals surface area contributed by atoms with Crippen molar-refractivity contribution in [3.8, 4) is 11.3 Å². The summed E-state index contributed by atoms with van der Waals surface area (Å²) in [7, 11) is 1.86. The number of hydrogen-bond acceptors (Lipinski definition) is 6. The molecule has 3 N–H and O–H groups in total. The molecule has 5 heterocycles. The number of aromatic nitrogens is 5. The molecule has 10 heteroatoms. The van der Waals surface area contributed by atoms with Gasteiger partial charge >= 0.3 is 0 Å². The highest BCUT2D eigenvalue weighted by Gasteiger charge is 2.16. The van der Waals surface area contributed by atoms with Crippen LogP contribution in [0.3, 0.4) is 0 Å². The van der Waals surface area contributed by atoms with Crippen LogP contribution in [0.4, 0.5) is 11.4 Å². The minimum atomic E-state index is -0.301. The maximum atomic E-state index is 13.0. The van der Waals surface area contributed by atoms with E-state index in [1.54, 1.807) is 29.2 Å². The van der Waals surface area contributed by atoms with Crippen LogP contribution in [0.15, 0.2) is 43.0 Å². The van der Waals surface area contributed by atoms with Gasteiger partial charge in [-0.3, -0.25) is 24.2 Å². The summed E-state index contributed by atoms with van der Waals surface area (Å²) in [5.74, 6) is -0.383. The molecule has 0 bridgehead atoms. The van der Waals surface area contributed by atoms with Crippen molar-refractivity contribution in [2.45, 2.75) is 26.2 Å². The topological polar surface area (TPSA) is 121 Å². The van der Waals surface area contributed by atoms with Crippen molar-refractivity contribution < 1.29 is 9.59 Å². The fraction of sp³-hybridized carbons (Fsp3) is 0.320. The van der Waals surface area contributed by atoms with Gasteiger partial charge < -0.3 is 15.6 Å². The smallest absolute Gasteiger partial charge is 0.257 e. The van der Waals surface area contributed by atoms with E-state index in [4.69, 9.17) is 0 Å². The van der Waals surface area contributed by atoms with Crippen molar-refractivity contribution >= 4 is 34.2 Å². The zero-order valence-electron chi connectivity index (χ0n) is 19.8. The third-order valence-electron chi connectivity index (χ3n) is 6.18. The van der Waals surface area contributed by atoms with Crippen molar-refractivity contribution in [2.75, 3.05) is 30.3 Å². The molecule has 0 atom stereocenters. The largest absolute Gasteiger partial charge is 0.339 e. The fourth-order valence-electron chi connectivity index (χ4n) is 4.30. The number of hydrogen-bond donors (Lipinski definition) is 3. The number of H-pyrrole nitrogens is 1. The Hall–Kier alpha value is -4.05. The first-order chi connectivity index (χ1) is 16.9. The van der Waals surface area contributed by atoms with Crippen molar-refractivity contribution in [2.24, 2.45) is 7.05 Å². The lowest BCUT2D eigenvalue weighted by Gasteiger charge is -2.25. The lowest BCUT2D eigenvalue weighted by molar-refractivity contribution is -0.117. The number of likely N-dealkylation sites (tertiary alicyclic amines) is 1. The number of piperidine rings is 1. The number of nitrogens with one attached hydrogen (secondary N) is 3. The standard InChI is InChI=1S/C25H28N8O2/c1-16-21(10-20(13-26-16)29-23(34)15-33-6-4-3-5-7-33)31-25(35)18-8-17-9-22(30-24(17)27-11-18)19-12-28-32(2)14-19/h8-14H,3-7,15H2,1-2H3,(H,27,30)(H,29,34)(H,31,35). The Morgan fingerprint density at radius 2 is 1.86 bits per heavy atom. The Kier molecular flexibility index (Phi) is 6.28. The van der Waals surface area contributed by atoms with Crippen LogP contribution in [0.5, 0.6) is 0 Å². The molecule has 1 fully saturated rings. The third kappa shape index (κ3) is 5.22. The van der Waals surface area contributed by atoms with Gasteiger partial charge in [0.15, 0.2) is 0 Å². The molecule has 1 aliphatic rings. The first-order valence-corrected chi connectivity index (χ1v) is 11.7. The average molecular weight is 473 g/mol. The van der Waals surface area contributed by atoms with Crippen LogP contribution in [0.25, 0.3) is 22.3 Å². The number of aromatic amines is 1. The summed E-state index contributed by atoms with van der Waals surface area (Å²) >= 11 is 0. The van der Waals surface area contributed by atoms with Gasteiger partial charge in [-0.25, -0.2) is 4.98 Å². The average Bonchev–Trinajstić information content (AvgIpc) is 3.47. The number of aryl methyl sites for hydroxylation is 2. The van der Waals surface area contributed by atoms with E-state index in [-0.39, 0.29) is 11.8 Å². The molecule has 10 nitrogen and oxygen atoms in total. The Labute approximate surface area is 202 Å². The first-order valence-electron chi connectivity index (χ1n) is 11.7. The molecule has 1 aliphatic heterocycles. The van der Waals surface area contributed by atoms with Gasteiger partial charge in [-0.15, -0.1) is 0 Å². The van der Waals surface area contributed by atoms with Crippen molar-refractivity contribution in [1.82, 2.24) is 29.6 Å². The molecule has 0 radical (unpaired) electrons. The van der Waals surface area contributed by atoms with Crippen LogP contribution in [-0.4, -0.2) is 61.1 Å². The van der Waals surface area contributed by atoms with Crippen molar-refractivity contribution in [3.05, 3.63) is 54.2 Å². The molecular formula is C25H28N8O2. The molecule has 1 saturated heterocycles. The van der Waals surface area contributed by atoms with Gasteiger partial charge in [0.2, 0.25) is 5.91 Å². The molecule has 0 unspecified atom stereocenters. The van der Waals surface area contributed by atoms with Gasteiger partial charge in [-0.1, -0.05) is 6.42 Å². The predicted octanol–water partition coefficient (Wildman–Crippen LogP) is 3.34. The molecular weight excluding hydrogens is 444 g/mol. The molecule has 180 valence electrons. The molecule has 2 amide bonds. The zero-order valence-corrected chi connectivity index (χ0v) is 19.8. The summed E-state index contributed by atoms with van der Waals surface area (Å²) in [4.78, 5) is 39.6. The van der Waals surface area contributed by atoms with E-state index >= 15 is 0 Å². The maximum absolute atomic E-state index is 13.0. The van der Waals surface area contributed by atoms with Gasteiger partial charge in [0.1, 0.15) is 5.65 Å². The number of nitrogens with zero attached hydrogens (tertiary/aromatic N) is 5. The summed E-state index contributed by atoms with van der Waals surface area (Å²) in [6, 6.07) is 5.47. The first kappa shape index (κ1) is 22.7. The van der Waals surface area contributed by atoms with Crippen LogP contribution in [0.1, 0.15) is 35.3 Å². The second kappa shape index (κ2) is 9.67. The van der Waals surface area contributed by atoms with E-state index in [2.05, 4.69) is 35.6 Å². The van der Waals surface area contributed by atoms with Crippen molar-refractivity contribution in [1.29, 1.82) is 0 Å². The summed E-state index contributed by atoms with van der Waals surface area (Å²) in [5, 5.41) is 10.8. The lowest BCUT2D eigenvalue weighted by atomic mass is 10.1. The minimum absolute atomic E-state index is 0.0821. The van der Waals surface area contributed by atoms with Crippen LogP contribution < -0.4 is 10.6 Å². The second-order valence-electron chi connectivity index (χ2n) is 8.94. The number of amides is 2. The normalized spacial score (nSPS) is 14.2. The summed E-state index contributed by atoms with van der Waals surface area (Å²) in [5.41, 5.74) is 4.68. The third-order valence-corrected chi connectivity index (χ3v) is 6.18. The van der Waals surface area contributed by atoms with Crippen LogP contribution in [0, 0.1) is 6.92 Å². The Bertz CT molecular complexity index is 1380. The quantitative estimate of drug-likeness (QED) is 0.396. The molecule has 5 rings (SSSR count). The summed E-state index contributed by atoms with van der Waals surface area (Å²) < 4.78 is 1.73. The number of rotatable bonds is 6. The van der Waals surface area contributed by atoms with Crippen molar-refractivity contribution in [3.63, 3.8) is 0 Å². The predicted molar refractivity (Wildman–Crippen MR) is 134 cm³/mol. The molecule has 0 saturated carbocycles. The highest BCUT2D eigenvalue weighted by atomic mass is 16.2. The molecule has 0 aromatic carbocycles. The van der Waals surface area contributed by atoms with Gasteiger partial charge in [0.05, 0.1) is 47.3 Å². The molecule has 4 aromatic rings. The lowest BCUT2D eigenvalue weighted by Crippen LogP contribution is -2.36. The van der Waals surface area contributed by atoms with E-state index in [0.29, 0.717) is 34.8 Å². The van der Waals surface area contributed by atoms with Gasteiger partial charge in [0, 0.05) is 30.4 Å². The van der Waals surface area contributed by atoms with E-state index in [1.165, 1.54) is 12.6 Å². The summed E-state index contributed by atoms with van der Waals surface area (Å²) in [6.45, 7) is 4.07. The van der Waals surface area contributed by atoms with E-state index in [1.807, 2.05) is 26.2 Å². The highest BCUT2D eigenvalue weighted by molar-refractivity contribution is 6.06. The fourth-order valence-corrected chi connectivity index (χ4v) is 4.30. The van der Waals surface area contributed by atoms with Crippen LogP contribution in [0.2, 0.25) is 0 Å². The number of carbonyl (C=O) groups is 2. The number of anilines is 2. The number of fused-ring (bicyclic) bond motifs is 1. The summed E-state index contributed by atoms with van der Waals surface area (Å²) in [6.07, 6.45) is 10.3. The molecule has 0 spiro atoms. The Balaban J connectivity index is 1.28. The minimum Gasteiger partial charge on any atom is -0.339 e. The SMILES string of the molecule is Cc1ncc(NC(=O)CN2CCCCC2)cc1NC(=O)c1cnc2[nH]c(-c3cnn(C)c3)cc2c1. The second-order valence-corrected chi connectivity index (χ2v) is 8.94. The Morgan fingerprint density at radius 1 is 1.03 bits per heavy atom. The zero-order chi connectivity index (χ0) is 24.4. The van der Waals surface area contributed by atoms with Crippen LogP contribution in [-0.2, 0) is 11.8 Å². The van der Waals surface area contributed by atoms with Gasteiger partial charge in [-0.05, 0) is 51.1 Å². The molecule has 35 heavy (non-hydrogen) atoms. The van der Waals surface area contributed by atoms with E-state index < -0.39 is 0 Å². The maximum Gasteiger partial charge on any atom is 0.257 e. The van der Waals surface area contributed by atoms with Gasteiger partial charge in [-0.2, -0.15) is 5.10 Å². The number of carbonyl (C=O) groups excluding carboxylic acids is 2. The van der Waals surface area contributed by atoms with E-state index in [0.717, 1.165) is 42.6 Å². The van der Waals surface area contributed by atoms with Crippen LogP contribution >= 0.6 is 0 Å². The van der Waals surface area contributed by atoms with Gasteiger partial charge in [0.25, 0.3) is 5.91 Å².